The van der Waals surface area contributed by atoms with Crippen molar-refractivity contribution in [1.82, 2.24) is 14.2 Å². The fourth-order valence-corrected chi connectivity index (χ4v) is 4.58. The van der Waals surface area contributed by atoms with Crippen molar-refractivity contribution >= 4 is 27.5 Å². The molecular formula is C18H20ClN3O3S. The number of halogens is 1. The molecule has 0 radical (unpaired) electrons. The number of carbonyl (C=O) groups is 1. The number of sulfonamides is 1. The van der Waals surface area contributed by atoms with Crippen molar-refractivity contribution in [2.75, 3.05) is 26.2 Å². The van der Waals surface area contributed by atoms with Gasteiger partial charge in [0, 0.05) is 32.4 Å². The molecule has 1 aromatic heterocycles. The van der Waals surface area contributed by atoms with E-state index in [1.807, 2.05) is 19.9 Å². The van der Waals surface area contributed by atoms with Crippen LogP contribution in [-0.2, 0) is 10.0 Å². The van der Waals surface area contributed by atoms with E-state index in [4.69, 9.17) is 11.6 Å². The summed E-state index contributed by atoms with van der Waals surface area (Å²) < 4.78 is 27.1. The van der Waals surface area contributed by atoms with Crippen molar-refractivity contribution in [1.29, 1.82) is 0 Å². The SMILES string of the molecule is Cc1ccc(S(=O)(=O)N2CCN(C(=O)c3cccnc3Cl)CC2)cc1C. The summed E-state index contributed by atoms with van der Waals surface area (Å²) in [7, 11) is -3.57. The first-order valence-electron chi connectivity index (χ1n) is 8.28. The zero-order chi connectivity index (χ0) is 18.9. The first-order valence-corrected chi connectivity index (χ1v) is 10.1. The van der Waals surface area contributed by atoms with Gasteiger partial charge in [0.05, 0.1) is 10.5 Å². The van der Waals surface area contributed by atoms with Gasteiger partial charge in [0.25, 0.3) is 5.91 Å². The predicted octanol–water partition coefficient (Wildman–Crippen LogP) is 2.50. The minimum atomic E-state index is -3.57. The second-order valence-corrected chi connectivity index (χ2v) is 8.58. The van der Waals surface area contributed by atoms with E-state index in [1.54, 1.807) is 29.2 Å². The minimum Gasteiger partial charge on any atom is -0.336 e. The van der Waals surface area contributed by atoms with Crippen molar-refractivity contribution < 1.29 is 13.2 Å². The summed E-state index contributed by atoms with van der Waals surface area (Å²) in [5.41, 5.74) is 2.32. The monoisotopic (exact) mass is 393 g/mol. The number of aryl methyl sites for hydroxylation is 2. The van der Waals surface area contributed by atoms with Crippen LogP contribution in [0.3, 0.4) is 0 Å². The van der Waals surface area contributed by atoms with Crippen LogP contribution in [0.2, 0.25) is 5.15 Å². The summed E-state index contributed by atoms with van der Waals surface area (Å²) in [5.74, 6) is -0.230. The van der Waals surface area contributed by atoms with Gasteiger partial charge in [0.2, 0.25) is 10.0 Å². The fourth-order valence-electron chi connectivity index (χ4n) is 2.87. The van der Waals surface area contributed by atoms with Crippen LogP contribution in [0.1, 0.15) is 21.5 Å². The molecule has 0 atom stereocenters. The topological polar surface area (TPSA) is 70.6 Å². The van der Waals surface area contributed by atoms with E-state index in [1.165, 1.54) is 10.5 Å². The highest BCUT2D eigenvalue weighted by atomic mass is 35.5. The number of nitrogens with zero attached hydrogens (tertiary/aromatic N) is 3. The number of rotatable bonds is 3. The molecule has 26 heavy (non-hydrogen) atoms. The smallest absolute Gasteiger partial charge is 0.257 e. The molecule has 1 aliphatic rings. The number of pyridine rings is 1. The molecule has 0 bridgehead atoms. The van der Waals surface area contributed by atoms with E-state index in [2.05, 4.69) is 4.98 Å². The third-order valence-electron chi connectivity index (χ3n) is 4.63. The molecule has 2 heterocycles. The van der Waals surface area contributed by atoms with Gasteiger partial charge in [-0.25, -0.2) is 13.4 Å². The zero-order valence-electron chi connectivity index (χ0n) is 14.6. The minimum absolute atomic E-state index is 0.155. The largest absolute Gasteiger partial charge is 0.336 e. The van der Waals surface area contributed by atoms with Gasteiger partial charge >= 0.3 is 0 Å². The molecule has 1 fully saturated rings. The molecular weight excluding hydrogens is 374 g/mol. The highest BCUT2D eigenvalue weighted by molar-refractivity contribution is 7.89. The van der Waals surface area contributed by atoms with Crippen molar-refractivity contribution in [3.63, 3.8) is 0 Å². The number of amides is 1. The zero-order valence-corrected chi connectivity index (χ0v) is 16.2. The van der Waals surface area contributed by atoms with Crippen molar-refractivity contribution in [2.45, 2.75) is 18.7 Å². The summed E-state index contributed by atoms with van der Waals surface area (Å²) in [4.78, 5) is 18.4. The molecule has 0 unspecified atom stereocenters. The lowest BCUT2D eigenvalue weighted by Crippen LogP contribution is -2.50. The normalized spacial score (nSPS) is 15.9. The number of piperazine rings is 1. The number of carbonyl (C=O) groups excluding carboxylic acids is 1. The van der Waals surface area contributed by atoms with Gasteiger partial charge in [-0.15, -0.1) is 0 Å². The van der Waals surface area contributed by atoms with Crippen LogP contribution in [0.15, 0.2) is 41.4 Å². The van der Waals surface area contributed by atoms with Crippen LogP contribution in [0.5, 0.6) is 0 Å². The summed E-state index contributed by atoms with van der Waals surface area (Å²) in [6.07, 6.45) is 1.52. The maximum atomic E-state index is 12.8. The standard InChI is InChI=1S/C18H20ClN3O3S/c1-13-5-6-15(12-14(13)2)26(24,25)22-10-8-21(9-11-22)18(23)16-4-3-7-20-17(16)19/h3-7,12H,8-11H2,1-2H3. The van der Waals surface area contributed by atoms with Gasteiger partial charge in [-0.05, 0) is 49.2 Å². The van der Waals surface area contributed by atoms with Gasteiger partial charge in [0.1, 0.15) is 5.15 Å². The van der Waals surface area contributed by atoms with Crippen LogP contribution in [0.25, 0.3) is 0 Å². The van der Waals surface area contributed by atoms with Crippen LogP contribution in [0.4, 0.5) is 0 Å². The predicted molar refractivity (Wildman–Crippen MR) is 99.8 cm³/mol. The molecule has 1 amide bonds. The first kappa shape index (κ1) is 18.8. The van der Waals surface area contributed by atoms with E-state index in [0.717, 1.165) is 11.1 Å². The second kappa shape index (κ2) is 7.34. The quantitative estimate of drug-likeness (QED) is 0.751. The molecule has 1 saturated heterocycles. The van der Waals surface area contributed by atoms with Crippen molar-refractivity contribution in [3.05, 3.63) is 58.4 Å². The number of benzene rings is 1. The Morgan fingerprint density at radius 1 is 1.08 bits per heavy atom. The Labute approximate surface area is 158 Å². The van der Waals surface area contributed by atoms with E-state index in [9.17, 15) is 13.2 Å². The van der Waals surface area contributed by atoms with Gasteiger partial charge < -0.3 is 4.90 Å². The summed E-state index contributed by atoms with van der Waals surface area (Å²) in [5, 5.41) is 0.155. The molecule has 3 rings (SSSR count). The Morgan fingerprint density at radius 2 is 1.77 bits per heavy atom. The molecule has 0 spiro atoms. The maximum Gasteiger partial charge on any atom is 0.257 e. The van der Waals surface area contributed by atoms with Crippen LogP contribution in [0, 0.1) is 13.8 Å². The number of aromatic nitrogens is 1. The lowest BCUT2D eigenvalue weighted by molar-refractivity contribution is 0.0697. The molecule has 138 valence electrons. The second-order valence-electron chi connectivity index (χ2n) is 6.28. The van der Waals surface area contributed by atoms with Gasteiger partial charge in [-0.3, -0.25) is 4.79 Å². The summed E-state index contributed by atoms with van der Waals surface area (Å²) in [6, 6.07) is 8.41. The molecule has 2 aromatic rings. The molecule has 0 saturated carbocycles. The third-order valence-corrected chi connectivity index (χ3v) is 6.83. The molecule has 0 aliphatic carbocycles. The Bertz CT molecular complexity index is 938. The molecule has 1 aromatic carbocycles. The van der Waals surface area contributed by atoms with Crippen LogP contribution < -0.4 is 0 Å². The molecule has 8 heteroatoms. The van der Waals surface area contributed by atoms with Gasteiger partial charge in [-0.1, -0.05) is 17.7 Å². The maximum absolute atomic E-state index is 12.8. The Morgan fingerprint density at radius 3 is 2.38 bits per heavy atom. The number of hydrogen-bond donors (Lipinski definition) is 0. The highest BCUT2D eigenvalue weighted by Gasteiger charge is 2.31. The van der Waals surface area contributed by atoms with Crippen molar-refractivity contribution in [2.24, 2.45) is 0 Å². The van der Waals surface area contributed by atoms with Crippen LogP contribution >= 0.6 is 11.6 Å². The lowest BCUT2D eigenvalue weighted by Gasteiger charge is -2.34. The highest BCUT2D eigenvalue weighted by Crippen LogP contribution is 2.22. The summed E-state index contributed by atoms with van der Waals surface area (Å²) in [6.45, 7) is 4.96. The molecule has 6 nitrogen and oxygen atoms in total. The van der Waals surface area contributed by atoms with Gasteiger partial charge in [-0.2, -0.15) is 4.31 Å². The average Bonchev–Trinajstić information content (AvgIpc) is 2.64. The van der Waals surface area contributed by atoms with Crippen LogP contribution in [-0.4, -0.2) is 54.7 Å². The average molecular weight is 394 g/mol. The molecule has 0 N–H and O–H groups in total. The van der Waals surface area contributed by atoms with E-state index in [-0.39, 0.29) is 29.0 Å². The van der Waals surface area contributed by atoms with E-state index < -0.39 is 10.0 Å². The van der Waals surface area contributed by atoms with E-state index >= 15 is 0 Å². The third kappa shape index (κ3) is 3.60. The fraction of sp³-hybridized carbons (Fsp3) is 0.333. The Hall–Kier alpha value is -1.96. The molecule has 1 aliphatic heterocycles. The van der Waals surface area contributed by atoms with E-state index in [0.29, 0.717) is 18.7 Å². The first-order chi connectivity index (χ1) is 12.3. The lowest BCUT2D eigenvalue weighted by atomic mass is 10.1. The Kier molecular flexibility index (Phi) is 5.32. The number of hydrogen-bond acceptors (Lipinski definition) is 4. The Balaban J connectivity index is 1.72. The summed E-state index contributed by atoms with van der Waals surface area (Å²) >= 11 is 5.98. The van der Waals surface area contributed by atoms with Gasteiger partial charge in [0.15, 0.2) is 0 Å². The van der Waals surface area contributed by atoms with Crippen molar-refractivity contribution in [3.8, 4) is 0 Å².